The third-order valence-corrected chi connectivity index (χ3v) is 4.95. The first-order valence-corrected chi connectivity index (χ1v) is 7.29. The molecule has 0 saturated heterocycles. The fourth-order valence-electron chi connectivity index (χ4n) is 3.33. The van der Waals surface area contributed by atoms with Gasteiger partial charge in [0.1, 0.15) is 0 Å². The van der Waals surface area contributed by atoms with Gasteiger partial charge in [-0.3, -0.25) is 0 Å². The van der Waals surface area contributed by atoms with E-state index < -0.39 is 0 Å². The van der Waals surface area contributed by atoms with Gasteiger partial charge in [-0.15, -0.1) is 0 Å². The summed E-state index contributed by atoms with van der Waals surface area (Å²) in [7, 11) is 0. The summed E-state index contributed by atoms with van der Waals surface area (Å²) in [5.74, 6) is 0. The molecule has 2 N–H and O–H groups in total. The molecule has 0 aromatic carbocycles. The van der Waals surface area contributed by atoms with Crippen LogP contribution < -0.4 is 5.73 Å². The Balaban J connectivity index is 2.49. The Kier molecular flexibility index (Phi) is 3.35. The molecule has 1 unspecified atom stereocenters. The van der Waals surface area contributed by atoms with Gasteiger partial charge in [-0.1, -0.05) is 27.7 Å². The molecule has 2 heteroatoms. The van der Waals surface area contributed by atoms with Crippen LogP contribution in [0.15, 0.2) is 12.3 Å². The molecular weight excluding hydrogens is 220 g/mol. The summed E-state index contributed by atoms with van der Waals surface area (Å²) >= 11 is 0. The molecule has 102 valence electrons. The number of fused-ring (bicyclic) bond motifs is 1. The first kappa shape index (κ1) is 13.7. The van der Waals surface area contributed by atoms with Crippen LogP contribution in [-0.2, 0) is 12.0 Å². The summed E-state index contributed by atoms with van der Waals surface area (Å²) in [5.41, 5.74) is 9.76. The van der Waals surface area contributed by atoms with Gasteiger partial charge in [0.2, 0.25) is 0 Å². The van der Waals surface area contributed by atoms with E-state index >= 15 is 0 Å². The Morgan fingerprint density at radius 3 is 2.56 bits per heavy atom. The van der Waals surface area contributed by atoms with Crippen LogP contribution in [0.3, 0.4) is 0 Å². The van der Waals surface area contributed by atoms with Crippen molar-refractivity contribution in [3.8, 4) is 0 Å². The maximum atomic E-state index is 6.35. The minimum Gasteiger partial charge on any atom is -0.345 e. The number of aromatic nitrogens is 1. The van der Waals surface area contributed by atoms with Crippen molar-refractivity contribution in [3.63, 3.8) is 0 Å². The Hall–Kier alpha value is -0.760. The van der Waals surface area contributed by atoms with Crippen LogP contribution in [0.5, 0.6) is 0 Å². The fourth-order valence-corrected chi connectivity index (χ4v) is 3.33. The summed E-state index contributed by atoms with van der Waals surface area (Å²) < 4.78 is 2.50. The minimum atomic E-state index is 0.211. The van der Waals surface area contributed by atoms with Gasteiger partial charge in [-0.2, -0.15) is 0 Å². The first-order valence-electron chi connectivity index (χ1n) is 7.29. The summed E-state index contributed by atoms with van der Waals surface area (Å²) in [5, 5.41) is 0. The fraction of sp³-hybridized carbons (Fsp3) is 0.750. The van der Waals surface area contributed by atoms with Gasteiger partial charge in [0.15, 0.2) is 0 Å². The van der Waals surface area contributed by atoms with Crippen molar-refractivity contribution in [3.05, 3.63) is 23.5 Å². The summed E-state index contributed by atoms with van der Waals surface area (Å²) in [6.07, 6.45) is 6.84. The Bertz CT molecular complexity index is 424. The smallest absolute Gasteiger partial charge is 0.0409 e. The third-order valence-electron chi connectivity index (χ3n) is 4.95. The van der Waals surface area contributed by atoms with Gasteiger partial charge in [-0.05, 0) is 49.7 Å². The van der Waals surface area contributed by atoms with Gasteiger partial charge in [-0.25, -0.2) is 0 Å². The lowest BCUT2D eigenvalue weighted by molar-refractivity contribution is 0.241. The normalized spacial score (nSPS) is 22.9. The zero-order valence-electron chi connectivity index (χ0n) is 12.6. The molecule has 2 rings (SSSR count). The highest BCUT2D eigenvalue weighted by atomic mass is 15.1. The van der Waals surface area contributed by atoms with E-state index in [9.17, 15) is 0 Å². The topological polar surface area (TPSA) is 30.9 Å². The lowest BCUT2D eigenvalue weighted by atomic mass is 9.74. The molecule has 0 bridgehead atoms. The molecule has 1 aromatic heterocycles. The van der Waals surface area contributed by atoms with Gasteiger partial charge in [0.05, 0.1) is 0 Å². The lowest BCUT2D eigenvalue weighted by Gasteiger charge is -2.38. The van der Waals surface area contributed by atoms with Crippen molar-refractivity contribution in [1.29, 1.82) is 0 Å². The van der Waals surface area contributed by atoms with Crippen molar-refractivity contribution >= 4 is 0 Å². The molecule has 0 aliphatic heterocycles. The van der Waals surface area contributed by atoms with Crippen LogP contribution in [0.4, 0.5) is 0 Å². The second-order valence-electron chi connectivity index (χ2n) is 6.94. The van der Waals surface area contributed by atoms with Gasteiger partial charge >= 0.3 is 0 Å². The van der Waals surface area contributed by atoms with E-state index in [1.54, 1.807) is 0 Å². The van der Waals surface area contributed by atoms with Crippen LogP contribution in [0.1, 0.15) is 71.2 Å². The zero-order valence-corrected chi connectivity index (χ0v) is 12.6. The minimum absolute atomic E-state index is 0.211. The van der Waals surface area contributed by atoms with Gasteiger partial charge in [0, 0.05) is 23.5 Å². The molecule has 1 aromatic rings. The monoisotopic (exact) mass is 248 g/mol. The average Bonchev–Trinajstić information content (AvgIpc) is 2.70. The van der Waals surface area contributed by atoms with Crippen molar-refractivity contribution < 1.29 is 0 Å². The number of nitrogens with two attached hydrogens (primary N) is 1. The second kappa shape index (κ2) is 4.41. The molecule has 1 heterocycles. The van der Waals surface area contributed by atoms with E-state index in [1.807, 2.05) is 0 Å². The maximum absolute atomic E-state index is 6.35. The highest BCUT2D eigenvalue weighted by Gasteiger charge is 2.35. The molecular formula is C16H28N2. The standard InChI is InChI=1S/C16H28N2/c1-6-16(5,7-2)18-9-8-12-13(17)10-15(3,4)11-14(12)18/h8-9,13H,6-7,10-11,17H2,1-5H3. The van der Waals surface area contributed by atoms with Crippen molar-refractivity contribution in [2.24, 2.45) is 11.1 Å². The van der Waals surface area contributed by atoms with E-state index in [1.165, 1.54) is 24.1 Å². The molecule has 1 atom stereocenters. The molecule has 0 saturated carbocycles. The first-order chi connectivity index (χ1) is 8.33. The van der Waals surface area contributed by atoms with E-state index in [-0.39, 0.29) is 11.6 Å². The van der Waals surface area contributed by atoms with Gasteiger partial charge < -0.3 is 10.3 Å². The highest BCUT2D eigenvalue weighted by Crippen LogP contribution is 2.42. The second-order valence-corrected chi connectivity index (χ2v) is 6.94. The van der Waals surface area contributed by atoms with Crippen LogP contribution in [-0.4, -0.2) is 4.57 Å². The Morgan fingerprint density at radius 2 is 2.00 bits per heavy atom. The van der Waals surface area contributed by atoms with Crippen LogP contribution in [0.2, 0.25) is 0 Å². The van der Waals surface area contributed by atoms with Crippen molar-refractivity contribution in [2.75, 3.05) is 0 Å². The number of nitrogens with zero attached hydrogens (tertiary/aromatic N) is 1. The Morgan fingerprint density at radius 1 is 1.39 bits per heavy atom. The van der Waals surface area contributed by atoms with E-state index in [2.05, 4.69) is 51.4 Å². The molecule has 0 amide bonds. The molecule has 0 spiro atoms. The van der Waals surface area contributed by atoms with Crippen LogP contribution >= 0.6 is 0 Å². The summed E-state index contributed by atoms with van der Waals surface area (Å²) in [6, 6.07) is 2.46. The quantitative estimate of drug-likeness (QED) is 0.861. The lowest BCUT2D eigenvalue weighted by Crippen LogP contribution is -2.35. The predicted molar refractivity (Wildman–Crippen MR) is 77.7 cm³/mol. The number of rotatable bonds is 3. The number of hydrogen-bond donors (Lipinski definition) is 1. The maximum Gasteiger partial charge on any atom is 0.0409 e. The molecule has 1 aliphatic carbocycles. The molecule has 0 fully saturated rings. The SMILES string of the molecule is CCC(C)(CC)n1ccc2c1CC(C)(C)CC2N. The zero-order chi connectivity index (χ0) is 13.6. The molecule has 2 nitrogen and oxygen atoms in total. The highest BCUT2D eigenvalue weighted by molar-refractivity contribution is 5.31. The number of hydrogen-bond acceptors (Lipinski definition) is 1. The van der Waals surface area contributed by atoms with Crippen molar-refractivity contribution in [1.82, 2.24) is 4.57 Å². The third kappa shape index (κ3) is 2.11. The van der Waals surface area contributed by atoms with E-state index in [0.717, 1.165) is 12.8 Å². The van der Waals surface area contributed by atoms with Crippen molar-refractivity contribution in [2.45, 2.75) is 71.9 Å². The molecule has 0 radical (unpaired) electrons. The predicted octanol–water partition coefficient (Wildman–Crippen LogP) is 4.00. The largest absolute Gasteiger partial charge is 0.345 e. The van der Waals surface area contributed by atoms with E-state index in [0.29, 0.717) is 5.41 Å². The van der Waals surface area contributed by atoms with E-state index in [4.69, 9.17) is 5.73 Å². The average molecular weight is 248 g/mol. The summed E-state index contributed by atoms with van der Waals surface area (Å²) in [6.45, 7) is 11.6. The van der Waals surface area contributed by atoms with Gasteiger partial charge in [0.25, 0.3) is 0 Å². The molecule has 18 heavy (non-hydrogen) atoms. The molecule has 1 aliphatic rings. The summed E-state index contributed by atoms with van der Waals surface area (Å²) in [4.78, 5) is 0. The van der Waals surface area contributed by atoms with Crippen LogP contribution in [0, 0.1) is 5.41 Å². The van der Waals surface area contributed by atoms with Crippen LogP contribution in [0.25, 0.3) is 0 Å². The Labute approximate surface area is 112 Å².